The van der Waals surface area contributed by atoms with E-state index in [-0.39, 0.29) is 5.78 Å². The zero-order valence-corrected chi connectivity index (χ0v) is 15.7. The van der Waals surface area contributed by atoms with E-state index in [1.54, 1.807) is 13.2 Å². The number of carbonyl (C=O) groups is 1. The Morgan fingerprint density at radius 1 is 1.26 bits per heavy atom. The normalized spacial score (nSPS) is 17.4. The van der Waals surface area contributed by atoms with Gasteiger partial charge in [-0.2, -0.15) is 0 Å². The quantitative estimate of drug-likeness (QED) is 0.596. The smallest absolute Gasteiger partial charge is 0.231 e. The molecule has 27 heavy (non-hydrogen) atoms. The van der Waals surface area contributed by atoms with Crippen LogP contribution in [-0.4, -0.2) is 37.7 Å². The van der Waals surface area contributed by atoms with Crippen LogP contribution in [-0.2, 0) is 11.3 Å². The molecule has 140 valence electrons. The number of hydrogen-bond donors (Lipinski definition) is 0. The highest BCUT2D eigenvalue weighted by atomic mass is 16.5. The minimum absolute atomic E-state index is 0.0780. The summed E-state index contributed by atoms with van der Waals surface area (Å²) in [7, 11) is 1.70. The number of carbonyl (C=O) groups excluding carboxylic acids is 1. The lowest BCUT2D eigenvalue weighted by Gasteiger charge is -2.29. The molecule has 0 unspecified atom stereocenters. The fourth-order valence-corrected chi connectivity index (χ4v) is 3.49. The van der Waals surface area contributed by atoms with Gasteiger partial charge >= 0.3 is 0 Å². The van der Waals surface area contributed by atoms with Crippen LogP contribution in [0.5, 0.6) is 11.5 Å². The third-order valence-corrected chi connectivity index (χ3v) is 4.84. The topological polar surface area (TPSA) is 48.0 Å². The van der Waals surface area contributed by atoms with Gasteiger partial charge in [-0.3, -0.25) is 9.69 Å². The summed E-state index contributed by atoms with van der Waals surface area (Å²) in [6.45, 7) is 4.86. The van der Waals surface area contributed by atoms with Gasteiger partial charge in [0, 0.05) is 26.8 Å². The molecule has 0 saturated heterocycles. The summed E-state index contributed by atoms with van der Waals surface area (Å²) in [4.78, 5) is 15.0. The van der Waals surface area contributed by atoms with Crippen molar-refractivity contribution in [1.29, 1.82) is 0 Å². The Bertz CT molecular complexity index is 903. The molecule has 5 nitrogen and oxygen atoms in total. The zero-order chi connectivity index (χ0) is 18.8. The summed E-state index contributed by atoms with van der Waals surface area (Å²) in [5.41, 5.74) is 3.65. The van der Waals surface area contributed by atoms with E-state index in [0.717, 1.165) is 35.4 Å². The molecular weight excluding hydrogens is 342 g/mol. The van der Waals surface area contributed by atoms with Gasteiger partial charge in [0.2, 0.25) is 5.78 Å². The molecule has 2 aliphatic heterocycles. The largest absolute Gasteiger partial charge is 0.478 e. The molecule has 4 rings (SSSR count). The molecule has 0 spiro atoms. The predicted molar refractivity (Wildman–Crippen MR) is 103 cm³/mol. The van der Waals surface area contributed by atoms with E-state index in [2.05, 4.69) is 4.90 Å². The van der Waals surface area contributed by atoms with Crippen LogP contribution < -0.4 is 9.47 Å². The van der Waals surface area contributed by atoms with Crippen LogP contribution in [0.1, 0.15) is 33.5 Å². The molecule has 5 heteroatoms. The van der Waals surface area contributed by atoms with Crippen molar-refractivity contribution in [1.82, 2.24) is 4.90 Å². The van der Waals surface area contributed by atoms with Gasteiger partial charge in [0.05, 0.1) is 11.1 Å². The van der Waals surface area contributed by atoms with Crippen LogP contribution in [0.2, 0.25) is 0 Å². The SMILES string of the molecule is COCCCN1COc2ccc3c(c2C1)O/C(=C\c1cccc(C)c1)C3=O. The van der Waals surface area contributed by atoms with E-state index >= 15 is 0 Å². The van der Waals surface area contributed by atoms with E-state index in [1.165, 1.54) is 0 Å². The highest BCUT2D eigenvalue weighted by molar-refractivity contribution is 6.15. The fraction of sp³-hybridized carbons (Fsp3) is 0.318. The van der Waals surface area contributed by atoms with Crippen LogP contribution in [0, 0.1) is 6.92 Å². The molecule has 0 saturated carbocycles. The Labute approximate surface area is 159 Å². The van der Waals surface area contributed by atoms with Gasteiger partial charge in [0.1, 0.15) is 18.2 Å². The predicted octanol–water partition coefficient (Wildman–Crippen LogP) is 3.80. The highest BCUT2D eigenvalue weighted by Crippen LogP contribution is 2.42. The van der Waals surface area contributed by atoms with Gasteiger partial charge in [0.25, 0.3) is 0 Å². The van der Waals surface area contributed by atoms with Crippen LogP contribution in [0.15, 0.2) is 42.2 Å². The third kappa shape index (κ3) is 3.61. The van der Waals surface area contributed by atoms with Gasteiger partial charge in [-0.25, -0.2) is 0 Å². The van der Waals surface area contributed by atoms with E-state index < -0.39 is 0 Å². The van der Waals surface area contributed by atoms with Crippen molar-refractivity contribution in [3.8, 4) is 11.5 Å². The second-order valence-corrected chi connectivity index (χ2v) is 6.95. The number of aryl methyl sites for hydroxylation is 1. The van der Waals surface area contributed by atoms with Gasteiger partial charge < -0.3 is 14.2 Å². The average molecular weight is 365 g/mol. The first-order valence-electron chi connectivity index (χ1n) is 9.16. The van der Waals surface area contributed by atoms with Gasteiger partial charge in [-0.05, 0) is 37.1 Å². The monoisotopic (exact) mass is 365 g/mol. The maximum atomic E-state index is 12.8. The third-order valence-electron chi connectivity index (χ3n) is 4.84. The Hall–Kier alpha value is -2.63. The lowest BCUT2D eigenvalue weighted by atomic mass is 10.0. The number of rotatable bonds is 5. The summed E-state index contributed by atoms with van der Waals surface area (Å²) < 4.78 is 17.0. The number of ether oxygens (including phenoxy) is 3. The summed E-state index contributed by atoms with van der Waals surface area (Å²) in [6, 6.07) is 11.7. The number of Topliss-reactive ketones (excluding diaryl/α,β-unsaturated/α-hetero) is 1. The fourth-order valence-electron chi connectivity index (χ4n) is 3.49. The maximum absolute atomic E-state index is 12.8. The number of methoxy groups -OCH3 is 1. The van der Waals surface area contributed by atoms with Crippen molar-refractivity contribution >= 4 is 11.9 Å². The van der Waals surface area contributed by atoms with Crippen LogP contribution in [0.3, 0.4) is 0 Å². The Kier molecular flexibility index (Phi) is 4.97. The number of ketones is 1. The first kappa shape index (κ1) is 17.8. The van der Waals surface area contributed by atoms with Crippen LogP contribution in [0.4, 0.5) is 0 Å². The molecule has 0 atom stereocenters. The minimum Gasteiger partial charge on any atom is -0.478 e. The molecule has 0 radical (unpaired) electrons. The van der Waals surface area contributed by atoms with Gasteiger partial charge in [-0.1, -0.05) is 29.8 Å². The molecule has 0 fully saturated rings. The minimum atomic E-state index is -0.0780. The molecule has 0 bridgehead atoms. The molecule has 0 aliphatic carbocycles. The Morgan fingerprint density at radius 2 is 2.15 bits per heavy atom. The van der Waals surface area contributed by atoms with Crippen molar-refractivity contribution in [2.45, 2.75) is 19.9 Å². The van der Waals surface area contributed by atoms with Gasteiger partial charge in [-0.15, -0.1) is 0 Å². The second-order valence-electron chi connectivity index (χ2n) is 6.95. The molecule has 2 aromatic carbocycles. The van der Waals surface area contributed by atoms with Crippen LogP contribution >= 0.6 is 0 Å². The average Bonchev–Trinajstić information content (AvgIpc) is 2.98. The van der Waals surface area contributed by atoms with Crippen molar-refractivity contribution in [2.75, 3.05) is 27.0 Å². The Balaban J connectivity index is 1.60. The lowest BCUT2D eigenvalue weighted by molar-refractivity contribution is 0.0823. The molecule has 2 heterocycles. The van der Waals surface area contributed by atoms with Crippen LogP contribution in [0.25, 0.3) is 6.08 Å². The van der Waals surface area contributed by atoms with Crippen molar-refractivity contribution < 1.29 is 19.0 Å². The van der Waals surface area contributed by atoms with Crippen molar-refractivity contribution in [2.24, 2.45) is 0 Å². The standard InChI is InChI=1S/C22H23NO4/c1-15-5-3-6-16(11-15)12-20-21(24)17-7-8-19-18(22(17)27-20)13-23(14-26-19)9-4-10-25-2/h3,5-8,11-12H,4,9-10,13-14H2,1-2H3/b20-12-. The molecule has 2 aromatic rings. The number of allylic oxidation sites excluding steroid dienone is 1. The number of benzene rings is 2. The lowest BCUT2D eigenvalue weighted by Crippen LogP contribution is -2.33. The number of nitrogens with zero attached hydrogens (tertiary/aromatic N) is 1. The summed E-state index contributed by atoms with van der Waals surface area (Å²) in [5, 5.41) is 0. The molecule has 0 aromatic heterocycles. The molecule has 0 amide bonds. The van der Waals surface area contributed by atoms with E-state index in [9.17, 15) is 4.79 Å². The molecular formula is C22H23NO4. The summed E-state index contributed by atoms with van der Waals surface area (Å²) in [6.07, 6.45) is 2.74. The summed E-state index contributed by atoms with van der Waals surface area (Å²) in [5.74, 6) is 1.71. The molecule has 0 N–H and O–H groups in total. The van der Waals surface area contributed by atoms with E-state index in [0.29, 0.717) is 37.0 Å². The maximum Gasteiger partial charge on any atom is 0.231 e. The highest BCUT2D eigenvalue weighted by Gasteiger charge is 2.33. The number of fused-ring (bicyclic) bond motifs is 3. The zero-order valence-electron chi connectivity index (χ0n) is 15.7. The first-order valence-corrected chi connectivity index (χ1v) is 9.16. The van der Waals surface area contributed by atoms with Crippen molar-refractivity contribution in [3.63, 3.8) is 0 Å². The van der Waals surface area contributed by atoms with E-state index in [1.807, 2.05) is 43.3 Å². The van der Waals surface area contributed by atoms with E-state index in [4.69, 9.17) is 14.2 Å². The van der Waals surface area contributed by atoms with Gasteiger partial charge in [0.15, 0.2) is 5.76 Å². The molecule has 2 aliphatic rings. The summed E-state index contributed by atoms with van der Waals surface area (Å²) >= 11 is 0. The first-order chi connectivity index (χ1) is 13.2. The second kappa shape index (κ2) is 7.55. The number of hydrogen-bond acceptors (Lipinski definition) is 5. The van der Waals surface area contributed by atoms with Crippen molar-refractivity contribution in [3.05, 3.63) is 64.4 Å². The Morgan fingerprint density at radius 3 is 2.96 bits per heavy atom.